The van der Waals surface area contributed by atoms with E-state index < -0.39 is 0 Å². The van der Waals surface area contributed by atoms with Crippen LogP contribution in [-0.4, -0.2) is 28.7 Å². The molecule has 0 bridgehead atoms. The van der Waals surface area contributed by atoms with Crippen LogP contribution < -0.4 is 0 Å². The van der Waals surface area contributed by atoms with Gasteiger partial charge >= 0.3 is 0 Å². The summed E-state index contributed by atoms with van der Waals surface area (Å²) in [5.74, 6) is 1.53. The fraction of sp³-hybridized carbons (Fsp3) is 0.176. The van der Waals surface area contributed by atoms with Crippen molar-refractivity contribution in [2.75, 3.05) is 0 Å². The molecule has 0 unspecified atom stereocenters. The maximum absolute atomic E-state index is 6.67. The quantitative estimate of drug-likeness (QED) is 0.159. The molecule has 6 aromatic heterocycles. The lowest BCUT2D eigenvalue weighted by atomic mass is 9.78. The van der Waals surface area contributed by atoms with Crippen molar-refractivity contribution in [3.05, 3.63) is 265 Å². The van der Waals surface area contributed by atoms with Gasteiger partial charge in [0.25, 0.3) is 0 Å². The number of rotatable bonds is 7. The van der Waals surface area contributed by atoms with Crippen LogP contribution in [0, 0.1) is 0 Å². The van der Waals surface area contributed by atoms with Crippen LogP contribution in [0.2, 0.25) is 0 Å². The zero-order valence-electron chi connectivity index (χ0n) is 58.1. The smallest absolute Gasteiger partial charge is 0.238 e. The molecule has 0 radical (unpaired) electrons. The molecule has 0 aliphatic rings. The molecule has 0 aliphatic carbocycles. The van der Waals surface area contributed by atoms with Crippen molar-refractivity contribution < 1.29 is 8.83 Å². The average Bonchev–Trinajstić information content (AvgIpc) is 1.57. The van der Waals surface area contributed by atoms with E-state index in [9.17, 15) is 0 Å². The molecule has 0 N–H and O–H groups in total. The topological polar surface area (TPSA) is 79.7 Å². The van der Waals surface area contributed by atoms with Crippen molar-refractivity contribution >= 4 is 109 Å². The summed E-state index contributed by atoms with van der Waals surface area (Å²) < 4.78 is 20.4. The lowest BCUT2D eigenvalue weighted by Crippen LogP contribution is -2.16. The standard InChI is InChI=1S/C91H76N6O2/c1-88(2,3)57-45-55(46-58(51-57)89(4,5)6)53-37-41-75-69(49-53)70-50-54(56-47-59(90(7,8)9)52-60(48-56)91(10,11)12)38-42-76(70)97(75)87-93-85(65-27-15-21-33-73(65)95-71-31-19-13-25-61(71)63-39-43-79-81(83(63)95)67-29-17-23-35-77(67)98-79)92-86(94-87)66-28-16-22-34-74(66)96-72-32-20-14-26-62(72)64-40-44-80-82(84(64)96)68-30-18-24-36-78(68)99-80/h13-52H,1-12H3. The van der Waals surface area contributed by atoms with E-state index in [1.807, 2.05) is 12.1 Å². The minimum absolute atomic E-state index is 0.0767. The first-order valence-corrected chi connectivity index (χ1v) is 34.6. The largest absolute Gasteiger partial charge is 0.456 e. The monoisotopic (exact) mass is 1280 g/mol. The van der Waals surface area contributed by atoms with Crippen LogP contribution in [0.25, 0.3) is 172 Å². The Labute approximate surface area is 575 Å². The van der Waals surface area contributed by atoms with Gasteiger partial charge in [-0.1, -0.05) is 229 Å². The first kappa shape index (κ1) is 60.1. The number of fused-ring (bicyclic) bond motifs is 17. The van der Waals surface area contributed by atoms with Gasteiger partial charge in [-0.3, -0.25) is 4.57 Å². The maximum Gasteiger partial charge on any atom is 0.238 e. The van der Waals surface area contributed by atoms with Crippen LogP contribution in [0.4, 0.5) is 0 Å². The fourth-order valence-electron chi connectivity index (χ4n) is 15.4. The number of hydrogen-bond donors (Lipinski definition) is 0. The van der Waals surface area contributed by atoms with Gasteiger partial charge in [-0.05, 0) is 163 Å². The van der Waals surface area contributed by atoms with Gasteiger partial charge in [0.05, 0.1) is 55.2 Å². The Morgan fingerprint density at radius 3 is 1.02 bits per heavy atom. The third kappa shape index (κ3) is 9.57. The fourth-order valence-corrected chi connectivity index (χ4v) is 15.4. The Morgan fingerprint density at radius 1 is 0.263 bits per heavy atom. The number of benzene rings is 12. The van der Waals surface area contributed by atoms with E-state index in [0.717, 1.165) is 143 Å². The lowest BCUT2D eigenvalue weighted by molar-refractivity contribution is 0.568. The van der Waals surface area contributed by atoms with Gasteiger partial charge in [-0.15, -0.1) is 0 Å². The molecule has 482 valence electrons. The number of para-hydroxylation sites is 6. The molecule has 0 aliphatic heterocycles. The highest BCUT2D eigenvalue weighted by molar-refractivity contribution is 6.26. The van der Waals surface area contributed by atoms with Crippen LogP contribution in [0.1, 0.15) is 105 Å². The maximum atomic E-state index is 6.67. The van der Waals surface area contributed by atoms with E-state index in [1.165, 1.54) is 33.4 Å². The first-order chi connectivity index (χ1) is 47.6. The average molecular weight is 1290 g/mol. The van der Waals surface area contributed by atoms with E-state index >= 15 is 0 Å². The Kier molecular flexibility index (Phi) is 13.1. The second-order valence-corrected chi connectivity index (χ2v) is 31.3. The van der Waals surface area contributed by atoms with Crippen molar-refractivity contribution in [1.82, 2.24) is 28.7 Å². The number of furan rings is 2. The van der Waals surface area contributed by atoms with Crippen molar-refractivity contribution in [1.29, 1.82) is 0 Å². The highest BCUT2D eigenvalue weighted by atomic mass is 16.3. The van der Waals surface area contributed by atoms with Crippen molar-refractivity contribution in [2.45, 2.75) is 105 Å². The van der Waals surface area contributed by atoms with E-state index in [2.05, 4.69) is 327 Å². The summed E-state index contributed by atoms with van der Waals surface area (Å²) >= 11 is 0. The van der Waals surface area contributed by atoms with Crippen molar-refractivity contribution in [2.24, 2.45) is 0 Å². The highest BCUT2D eigenvalue weighted by Crippen LogP contribution is 2.47. The molecule has 18 aromatic rings. The second kappa shape index (κ2) is 21.6. The zero-order chi connectivity index (χ0) is 67.8. The van der Waals surface area contributed by atoms with E-state index in [-0.39, 0.29) is 21.7 Å². The molecule has 0 fully saturated rings. The third-order valence-corrected chi connectivity index (χ3v) is 20.7. The predicted molar refractivity (Wildman–Crippen MR) is 414 cm³/mol. The molecule has 8 heteroatoms. The second-order valence-electron chi connectivity index (χ2n) is 31.3. The molecule has 6 heterocycles. The van der Waals surface area contributed by atoms with Gasteiger partial charge in [-0.2, -0.15) is 9.97 Å². The van der Waals surface area contributed by atoms with E-state index in [4.69, 9.17) is 23.8 Å². The minimum Gasteiger partial charge on any atom is -0.456 e. The third-order valence-electron chi connectivity index (χ3n) is 20.7. The number of hydrogen-bond acceptors (Lipinski definition) is 5. The van der Waals surface area contributed by atoms with Gasteiger partial charge in [0.2, 0.25) is 5.95 Å². The molecular formula is C91H76N6O2. The Morgan fingerprint density at radius 2 is 0.616 bits per heavy atom. The molecule has 0 saturated carbocycles. The summed E-state index contributed by atoms with van der Waals surface area (Å²) in [6, 6.07) is 88.5. The molecule has 0 saturated heterocycles. The predicted octanol–water partition coefficient (Wildman–Crippen LogP) is 24.8. The molecule has 0 spiro atoms. The van der Waals surface area contributed by atoms with Crippen LogP contribution in [0.5, 0.6) is 0 Å². The summed E-state index contributed by atoms with van der Waals surface area (Å²) in [5, 5.41) is 10.9. The van der Waals surface area contributed by atoms with Crippen LogP contribution >= 0.6 is 0 Å². The Hall–Kier alpha value is -11.4. The normalized spacial score (nSPS) is 12.8. The molecule has 0 atom stereocenters. The zero-order valence-corrected chi connectivity index (χ0v) is 58.1. The van der Waals surface area contributed by atoms with Gasteiger partial charge in [0, 0.05) is 54.2 Å². The lowest BCUT2D eigenvalue weighted by Gasteiger charge is -2.26. The first-order valence-electron chi connectivity index (χ1n) is 34.6. The summed E-state index contributed by atoms with van der Waals surface area (Å²) in [4.78, 5) is 17.6. The van der Waals surface area contributed by atoms with Gasteiger partial charge in [0.15, 0.2) is 11.6 Å². The van der Waals surface area contributed by atoms with Gasteiger partial charge < -0.3 is 18.0 Å². The Bertz CT molecular complexity index is 5960. The molecule has 12 aromatic carbocycles. The summed E-state index contributed by atoms with van der Waals surface area (Å²) in [6.07, 6.45) is 0. The SMILES string of the molecule is CC(C)(C)c1cc(-c2ccc3c(c2)c2cc(-c4cc(C(C)(C)C)cc(C(C)(C)C)c4)ccc2n3-c2nc(-c3ccccc3-n3c4ccccc4c4ccc5oc6ccccc6c5c43)nc(-c3ccccc3-n3c4ccccc4c4ccc5oc6ccccc6c5c43)n2)cc(C(C)(C)C)c1. The highest BCUT2D eigenvalue weighted by Gasteiger charge is 2.29. The van der Waals surface area contributed by atoms with E-state index in [1.54, 1.807) is 0 Å². The molecule has 18 rings (SSSR count). The molecule has 0 amide bonds. The molecule has 8 nitrogen and oxygen atoms in total. The summed E-state index contributed by atoms with van der Waals surface area (Å²) in [5.41, 5.74) is 22.6. The van der Waals surface area contributed by atoms with Crippen molar-refractivity contribution in [3.63, 3.8) is 0 Å². The van der Waals surface area contributed by atoms with Crippen LogP contribution in [0.15, 0.2) is 251 Å². The van der Waals surface area contributed by atoms with Crippen LogP contribution in [0.3, 0.4) is 0 Å². The van der Waals surface area contributed by atoms with Gasteiger partial charge in [-0.25, -0.2) is 4.98 Å². The summed E-state index contributed by atoms with van der Waals surface area (Å²) in [7, 11) is 0. The van der Waals surface area contributed by atoms with Gasteiger partial charge in [0.1, 0.15) is 22.3 Å². The van der Waals surface area contributed by atoms with Crippen LogP contribution in [-0.2, 0) is 21.7 Å². The minimum atomic E-state index is -0.0767. The Balaban J connectivity index is 0.951. The summed E-state index contributed by atoms with van der Waals surface area (Å²) in [6.45, 7) is 27.8. The van der Waals surface area contributed by atoms with Crippen molar-refractivity contribution in [3.8, 4) is 62.4 Å². The molecule has 99 heavy (non-hydrogen) atoms. The van der Waals surface area contributed by atoms with E-state index in [0.29, 0.717) is 17.6 Å². The number of nitrogens with zero attached hydrogens (tertiary/aromatic N) is 6. The number of aromatic nitrogens is 6. The molecular weight excluding hydrogens is 1210 g/mol.